The lowest BCUT2D eigenvalue weighted by molar-refractivity contribution is -0.141. The molecular weight excluding hydrogens is 547 g/mol. The Morgan fingerprint density at radius 2 is 1.84 bits per heavy atom. The number of carbonyl (C=O) groups excluding carboxylic acids is 1. The van der Waals surface area contributed by atoms with Crippen LogP contribution in [0.4, 0.5) is 0 Å². The van der Waals surface area contributed by atoms with Crippen LogP contribution in [0.5, 0.6) is 0 Å². The first kappa shape index (κ1) is 24.2. The maximum Gasteiger partial charge on any atom is 0.348 e. The fourth-order valence-corrected chi connectivity index (χ4v) is 5.02. The highest BCUT2D eigenvalue weighted by Gasteiger charge is 2.26. The number of thiophene rings is 1. The number of nitrogens with zero attached hydrogens (tertiary/aromatic N) is 2. The third-order valence-corrected chi connectivity index (χ3v) is 7.14. The minimum atomic E-state index is -1.06. The van der Waals surface area contributed by atoms with Crippen LogP contribution in [0.3, 0.4) is 0 Å². The van der Waals surface area contributed by atoms with Crippen LogP contribution in [-0.2, 0) is 36.0 Å². The predicted octanol–water partition coefficient (Wildman–Crippen LogP) is 3.05. The monoisotopic (exact) mass is 570 g/mol. The zero-order valence-corrected chi connectivity index (χ0v) is 20.9. The predicted molar refractivity (Wildman–Crippen MR) is 131 cm³/mol. The highest BCUT2D eigenvalue weighted by molar-refractivity contribution is 14.1. The Kier molecular flexibility index (Phi) is 7.55. The molecule has 0 aliphatic rings. The van der Waals surface area contributed by atoms with Crippen molar-refractivity contribution < 1.29 is 19.4 Å². The van der Waals surface area contributed by atoms with Crippen molar-refractivity contribution in [2.75, 3.05) is 6.61 Å². The fourth-order valence-electron chi connectivity index (χ4n) is 3.42. The summed E-state index contributed by atoms with van der Waals surface area (Å²) in [7, 11) is 1.36. The number of aryl methyl sites for hydroxylation is 2. The van der Waals surface area contributed by atoms with Gasteiger partial charge in [-0.1, -0.05) is 19.1 Å². The zero-order chi connectivity index (χ0) is 23.6. The number of hydrogen-bond acceptors (Lipinski definition) is 6. The molecule has 8 nitrogen and oxygen atoms in total. The van der Waals surface area contributed by atoms with E-state index in [2.05, 4.69) is 22.6 Å². The quantitative estimate of drug-likeness (QED) is 0.330. The van der Waals surface area contributed by atoms with Crippen molar-refractivity contribution >= 4 is 56.1 Å². The standard InChI is InChI=1S/C22H23IN2O6S/c1-4-31-21(29)17-15(10-7-13-5-8-14(23)9-6-13)16-18(26)24(3)22(30)25(19(16)32-17)11-12(2)20(27)28/h5-6,8-9,12H,4,7,10-11H2,1-3H3,(H,27,28). The SMILES string of the molecule is CCOC(=O)c1sc2c(c1CCc1ccc(I)cc1)c(=O)n(C)c(=O)n2CC(C)C(=O)O. The number of fused-ring (bicyclic) bond motifs is 1. The molecule has 0 fully saturated rings. The number of carbonyl (C=O) groups is 2. The molecule has 1 atom stereocenters. The van der Waals surface area contributed by atoms with Gasteiger partial charge in [0.25, 0.3) is 5.56 Å². The minimum Gasteiger partial charge on any atom is -0.481 e. The van der Waals surface area contributed by atoms with Gasteiger partial charge in [0, 0.05) is 17.2 Å². The second kappa shape index (κ2) is 9.99. The molecule has 1 unspecified atom stereocenters. The number of aliphatic carboxylic acids is 1. The number of hydrogen-bond donors (Lipinski definition) is 1. The van der Waals surface area contributed by atoms with Gasteiger partial charge in [-0.15, -0.1) is 11.3 Å². The van der Waals surface area contributed by atoms with Crippen molar-refractivity contribution in [3.63, 3.8) is 0 Å². The van der Waals surface area contributed by atoms with Crippen LogP contribution in [0, 0.1) is 9.49 Å². The molecule has 3 rings (SSSR count). The van der Waals surface area contributed by atoms with E-state index < -0.39 is 29.1 Å². The second-order valence-electron chi connectivity index (χ2n) is 7.43. The van der Waals surface area contributed by atoms with Crippen molar-refractivity contribution in [1.29, 1.82) is 0 Å². The molecular formula is C22H23IN2O6S. The van der Waals surface area contributed by atoms with Crippen LogP contribution >= 0.6 is 33.9 Å². The van der Waals surface area contributed by atoms with E-state index in [0.29, 0.717) is 23.2 Å². The van der Waals surface area contributed by atoms with Crippen LogP contribution in [0.1, 0.15) is 34.6 Å². The van der Waals surface area contributed by atoms with Gasteiger partial charge >= 0.3 is 17.6 Å². The minimum absolute atomic E-state index is 0.113. The summed E-state index contributed by atoms with van der Waals surface area (Å²) in [5.74, 6) is -2.46. The third kappa shape index (κ3) is 4.80. The summed E-state index contributed by atoms with van der Waals surface area (Å²) in [5.41, 5.74) is 0.452. The number of carboxylic acids is 1. The summed E-state index contributed by atoms with van der Waals surface area (Å²) in [6.45, 7) is 3.24. The molecule has 1 N–H and O–H groups in total. The molecule has 0 bridgehead atoms. The second-order valence-corrected chi connectivity index (χ2v) is 9.68. The highest BCUT2D eigenvalue weighted by Crippen LogP contribution is 2.31. The summed E-state index contributed by atoms with van der Waals surface area (Å²) >= 11 is 3.23. The zero-order valence-electron chi connectivity index (χ0n) is 17.9. The topological polar surface area (TPSA) is 108 Å². The van der Waals surface area contributed by atoms with Gasteiger partial charge in [-0.3, -0.25) is 18.7 Å². The fraction of sp³-hybridized carbons (Fsp3) is 0.364. The van der Waals surface area contributed by atoms with Gasteiger partial charge < -0.3 is 9.84 Å². The molecule has 0 spiro atoms. The Bertz CT molecular complexity index is 1290. The summed E-state index contributed by atoms with van der Waals surface area (Å²) in [6.07, 6.45) is 0.986. The maximum absolute atomic E-state index is 13.1. The van der Waals surface area contributed by atoms with Gasteiger partial charge in [-0.25, -0.2) is 9.59 Å². The molecule has 0 radical (unpaired) electrons. The number of benzene rings is 1. The highest BCUT2D eigenvalue weighted by atomic mass is 127. The van der Waals surface area contributed by atoms with E-state index in [-0.39, 0.29) is 23.4 Å². The van der Waals surface area contributed by atoms with Crippen molar-refractivity contribution in [1.82, 2.24) is 9.13 Å². The van der Waals surface area contributed by atoms with Crippen molar-refractivity contribution in [2.24, 2.45) is 13.0 Å². The molecule has 0 aliphatic carbocycles. The number of esters is 1. The Morgan fingerprint density at radius 1 is 1.19 bits per heavy atom. The lowest BCUT2D eigenvalue weighted by Crippen LogP contribution is -2.39. The molecule has 2 aromatic heterocycles. The lowest BCUT2D eigenvalue weighted by Gasteiger charge is -2.12. The van der Waals surface area contributed by atoms with Crippen LogP contribution in [0.2, 0.25) is 0 Å². The van der Waals surface area contributed by atoms with Crippen molar-refractivity contribution in [3.8, 4) is 0 Å². The molecule has 2 heterocycles. The van der Waals surface area contributed by atoms with E-state index in [4.69, 9.17) is 4.74 Å². The number of aromatic nitrogens is 2. The number of carboxylic acid groups (broad SMARTS) is 1. The van der Waals surface area contributed by atoms with Gasteiger partial charge in [0.1, 0.15) is 9.71 Å². The van der Waals surface area contributed by atoms with E-state index >= 15 is 0 Å². The molecule has 0 saturated carbocycles. The number of rotatable bonds is 8. The summed E-state index contributed by atoms with van der Waals surface area (Å²) < 4.78 is 8.55. The normalized spacial score (nSPS) is 12.1. The molecule has 170 valence electrons. The summed E-state index contributed by atoms with van der Waals surface area (Å²) in [6, 6.07) is 7.95. The van der Waals surface area contributed by atoms with Gasteiger partial charge in [-0.05, 0) is 65.6 Å². The first-order chi connectivity index (χ1) is 15.1. The first-order valence-electron chi connectivity index (χ1n) is 10.0. The molecule has 1 aromatic carbocycles. The average Bonchev–Trinajstić information content (AvgIpc) is 3.14. The van der Waals surface area contributed by atoms with Crippen LogP contribution < -0.4 is 11.2 Å². The number of ether oxygens (including phenoxy) is 1. The number of halogens is 1. The van der Waals surface area contributed by atoms with Crippen LogP contribution in [0.25, 0.3) is 10.2 Å². The van der Waals surface area contributed by atoms with Gasteiger partial charge in [0.15, 0.2) is 0 Å². The van der Waals surface area contributed by atoms with Gasteiger partial charge in [-0.2, -0.15) is 0 Å². The molecule has 3 aromatic rings. The van der Waals surface area contributed by atoms with E-state index in [0.717, 1.165) is 25.0 Å². The Morgan fingerprint density at radius 3 is 2.44 bits per heavy atom. The smallest absolute Gasteiger partial charge is 0.348 e. The summed E-state index contributed by atoms with van der Waals surface area (Å²) in [4.78, 5) is 50.6. The van der Waals surface area contributed by atoms with Gasteiger partial charge in [0.05, 0.1) is 17.9 Å². The molecule has 10 heteroatoms. The average molecular weight is 570 g/mol. The molecule has 0 amide bonds. The molecule has 32 heavy (non-hydrogen) atoms. The Labute approximate surface area is 201 Å². The van der Waals surface area contributed by atoms with Crippen molar-refractivity contribution in [2.45, 2.75) is 33.2 Å². The van der Waals surface area contributed by atoms with Crippen LogP contribution in [0.15, 0.2) is 33.9 Å². The van der Waals surface area contributed by atoms with Crippen molar-refractivity contribution in [3.05, 3.63) is 64.7 Å². The summed E-state index contributed by atoms with van der Waals surface area (Å²) in [5, 5.41) is 9.59. The lowest BCUT2D eigenvalue weighted by atomic mass is 10.0. The first-order valence-corrected chi connectivity index (χ1v) is 11.9. The third-order valence-electron chi connectivity index (χ3n) is 5.19. The van der Waals surface area contributed by atoms with E-state index in [1.807, 2.05) is 24.3 Å². The van der Waals surface area contributed by atoms with E-state index in [1.165, 1.54) is 18.5 Å². The van der Waals surface area contributed by atoms with Crippen LogP contribution in [-0.4, -0.2) is 32.8 Å². The van der Waals surface area contributed by atoms with E-state index in [9.17, 15) is 24.3 Å². The Hall–Kier alpha value is -2.47. The Balaban J connectivity index is 2.21. The maximum atomic E-state index is 13.1. The largest absolute Gasteiger partial charge is 0.481 e. The molecule has 0 saturated heterocycles. The van der Waals surface area contributed by atoms with Gasteiger partial charge in [0.2, 0.25) is 0 Å². The van der Waals surface area contributed by atoms with E-state index in [1.54, 1.807) is 6.92 Å². The molecule has 0 aliphatic heterocycles.